The van der Waals surface area contributed by atoms with Crippen LogP contribution < -0.4 is 11.1 Å². The zero-order chi connectivity index (χ0) is 21.5. The van der Waals surface area contributed by atoms with E-state index in [4.69, 9.17) is 4.42 Å². The summed E-state index contributed by atoms with van der Waals surface area (Å²) in [6, 6.07) is 11.9. The molecule has 0 aliphatic heterocycles. The number of hydrogen-bond donors (Lipinski definition) is 1. The summed E-state index contributed by atoms with van der Waals surface area (Å²) in [6.45, 7) is 2.46. The van der Waals surface area contributed by atoms with Crippen LogP contribution in [-0.2, 0) is 17.8 Å². The fraction of sp³-hybridized carbons (Fsp3) is 0.364. The summed E-state index contributed by atoms with van der Waals surface area (Å²) in [5.74, 6) is -0.727. The third-order valence-electron chi connectivity index (χ3n) is 4.95. The molecular weight excluding hydrogens is 386 g/mol. The molecule has 0 unspecified atom stereocenters. The Hall–Kier alpha value is -3.42. The van der Waals surface area contributed by atoms with E-state index in [1.807, 2.05) is 24.3 Å². The Morgan fingerprint density at radius 1 is 1.13 bits per heavy atom. The maximum absolute atomic E-state index is 12.2. The van der Waals surface area contributed by atoms with Gasteiger partial charge in [0.15, 0.2) is 5.58 Å². The number of fused-ring (bicyclic) bond motifs is 1. The number of benzene rings is 2. The lowest BCUT2D eigenvalue weighted by molar-refractivity contribution is -0.384. The fourth-order valence-corrected chi connectivity index (χ4v) is 3.34. The van der Waals surface area contributed by atoms with Crippen molar-refractivity contribution < 1.29 is 14.1 Å². The lowest BCUT2D eigenvalue weighted by Gasteiger charge is -2.07. The van der Waals surface area contributed by atoms with Crippen molar-refractivity contribution in [2.45, 2.75) is 52.0 Å². The zero-order valence-corrected chi connectivity index (χ0v) is 16.9. The van der Waals surface area contributed by atoms with Crippen molar-refractivity contribution in [1.82, 2.24) is 4.57 Å². The first-order chi connectivity index (χ1) is 14.5. The van der Waals surface area contributed by atoms with Gasteiger partial charge in [-0.15, -0.1) is 0 Å². The number of unbranched alkanes of at least 4 members (excludes halogenated alkanes) is 2. The van der Waals surface area contributed by atoms with Crippen LogP contribution in [0.3, 0.4) is 0 Å². The lowest BCUT2D eigenvalue weighted by Crippen LogP contribution is -2.17. The van der Waals surface area contributed by atoms with Gasteiger partial charge in [-0.05, 0) is 43.0 Å². The third kappa shape index (κ3) is 5.34. The van der Waals surface area contributed by atoms with Crippen molar-refractivity contribution in [1.29, 1.82) is 0 Å². The van der Waals surface area contributed by atoms with Gasteiger partial charge in [0.05, 0.1) is 16.5 Å². The maximum atomic E-state index is 12.2. The Bertz CT molecular complexity index is 1080. The Labute approximate surface area is 173 Å². The van der Waals surface area contributed by atoms with Gasteiger partial charge in [0.1, 0.15) is 0 Å². The van der Waals surface area contributed by atoms with Crippen LogP contribution in [0.2, 0.25) is 0 Å². The molecule has 1 heterocycles. The van der Waals surface area contributed by atoms with E-state index in [2.05, 4.69) is 12.2 Å². The molecule has 1 aromatic heterocycles. The topological polar surface area (TPSA) is 107 Å². The molecule has 0 aliphatic rings. The molecule has 3 rings (SSSR count). The summed E-state index contributed by atoms with van der Waals surface area (Å²) in [5.41, 5.74) is 2.51. The third-order valence-corrected chi connectivity index (χ3v) is 4.95. The number of anilines is 1. The highest BCUT2D eigenvalue weighted by Crippen LogP contribution is 2.20. The van der Waals surface area contributed by atoms with Gasteiger partial charge in [-0.2, -0.15) is 0 Å². The smallest absolute Gasteiger partial charge is 0.407 e. The highest BCUT2D eigenvalue weighted by molar-refractivity contribution is 5.90. The number of non-ortho nitro benzene ring substituents is 1. The Morgan fingerprint density at radius 3 is 2.60 bits per heavy atom. The number of carbonyl (C=O) groups excluding carboxylic acids is 1. The number of hydrogen-bond acceptors (Lipinski definition) is 5. The fourth-order valence-electron chi connectivity index (χ4n) is 3.34. The van der Waals surface area contributed by atoms with Crippen molar-refractivity contribution in [2.24, 2.45) is 0 Å². The average molecular weight is 411 g/mol. The van der Waals surface area contributed by atoms with Crippen LogP contribution >= 0.6 is 0 Å². The van der Waals surface area contributed by atoms with Crippen LogP contribution in [0.15, 0.2) is 51.7 Å². The predicted molar refractivity (Wildman–Crippen MR) is 115 cm³/mol. The van der Waals surface area contributed by atoms with Gasteiger partial charge >= 0.3 is 5.76 Å². The van der Waals surface area contributed by atoms with Crippen LogP contribution in [0, 0.1) is 10.1 Å². The van der Waals surface area contributed by atoms with Crippen molar-refractivity contribution in [2.75, 3.05) is 5.32 Å². The second-order valence-corrected chi connectivity index (χ2v) is 7.23. The first kappa shape index (κ1) is 21.3. The van der Waals surface area contributed by atoms with Gasteiger partial charge in [-0.1, -0.05) is 31.9 Å². The summed E-state index contributed by atoms with van der Waals surface area (Å²) < 4.78 is 6.48. The molecule has 0 saturated carbocycles. The first-order valence-corrected chi connectivity index (χ1v) is 10.1. The Morgan fingerprint density at radius 2 is 1.90 bits per heavy atom. The molecule has 158 valence electrons. The van der Waals surface area contributed by atoms with E-state index in [1.54, 1.807) is 0 Å². The van der Waals surface area contributed by atoms with Gasteiger partial charge in [-0.25, -0.2) is 4.79 Å². The van der Waals surface area contributed by atoms with Crippen molar-refractivity contribution in [3.05, 3.63) is 68.7 Å². The van der Waals surface area contributed by atoms with Gasteiger partial charge in [-0.3, -0.25) is 19.5 Å². The average Bonchev–Trinajstić information content (AvgIpc) is 3.04. The van der Waals surface area contributed by atoms with E-state index in [-0.39, 0.29) is 30.1 Å². The molecule has 1 amide bonds. The van der Waals surface area contributed by atoms with E-state index >= 15 is 0 Å². The highest BCUT2D eigenvalue weighted by Gasteiger charge is 2.14. The van der Waals surface area contributed by atoms with E-state index in [9.17, 15) is 19.7 Å². The van der Waals surface area contributed by atoms with E-state index in [0.717, 1.165) is 18.5 Å². The van der Waals surface area contributed by atoms with Crippen LogP contribution in [0.25, 0.3) is 11.1 Å². The van der Waals surface area contributed by atoms with Crippen LogP contribution in [0.4, 0.5) is 11.4 Å². The van der Waals surface area contributed by atoms with Crippen molar-refractivity contribution >= 4 is 28.4 Å². The minimum atomic E-state index is -0.593. The number of carbonyl (C=O) groups is 1. The SMILES string of the molecule is CCCCCc1ccc(NC(=O)CCCn2c(=O)oc3cc([N+](=O)[O-])ccc32)cc1. The number of aryl methyl sites for hydroxylation is 2. The molecule has 0 saturated heterocycles. The van der Waals surface area contributed by atoms with Gasteiger partial charge < -0.3 is 9.73 Å². The maximum Gasteiger partial charge on any atom is 0.419 e. The van der Waals surface area contributed by atoms with Crippen LogP contribution in [0.1, 0.15) is 44.6 Å². The molecule has 8 heteroatoms. The first-order valence-electron chi connectivity index (χ1n) is 10.1. The predicted octanol–water partition coefficient (Wildman–Crippen LogP) is 4.65. The Kier molecular flexibility index (Phi) is 7.00. The van der Waals surface area contributed by atoms with E-state index in [1.165, 1.54) is 41.2 Å². The molecule has 0 radical (unpaired) electrons. The summed E-state index contributed by atoms with van der Waals surface area (Å²) in [4.78, 5) is 34.5. The van der Waals surface area contributed by atoms with Crippen LogP contribution in [-0.4, -0.2) is 15.4 Å². The molecule has 0 aliphatic carbocycles. The second-order valence-electron chi connectivity index (χ2n) is 7.23. The Balaban J connectivity index is 1.52. The molecule has 2 aromatic carbocycles. The lowest BCUT2D eigenvalue weighted by atomic mass is 10.1. The number of rotatable bonds is 10. The number of amides is 1. The van der Waals surface area contributed by atoms with E-state index < -0.39 is 10.7 Å². The molecule has 0 spiro atoms. The monoisotopic (exact) mass is 411 g/mol. The summed E-state index contributed by atoms with van der Waals surface area (Å²) in [5, 5.41) is 13.7. The number of aromatic nitrogens is 1. The van der Waals surface area contributed by atoms with Gasteiger partial charge in [0.25, 0.3) is 5.69 Å². The number of nitro groups is 1. The summed E-state index contributed by atoms with van der Waals surface area (Å²) in [6.07, 6.45) is 5.28. The normalized spacial score (nSPS) is 11.0. The quantitative estimate of drug-likeness (QED) is 0.297. The minimum absolute atomic E-state index is 0.134. The number of oxazole rings is 1. The molecule has 3 aromatic rings. The molecule has 1 N–H and O–H groups in total. The van der Waals surface area contributed by atoms with Crippen molar-refractivity contribution in [3.8, 4) is 0 Å². The summed E-state index contributed by atoms with van der Waals surface area (Å²) >= 11 is 0. The number of nitrogens with zero attached hydrogens (tertiary/aromatic N) is 2. The van der Waals surface area contributed by atoms with E-state index in [0.29, 0.717) is 11.9 Å². The molecule has 0 fully saturated rings. The molecule has 8 nitrogen and oxygen atoms in total. The van der Waals surface area contributed by atoms with Crippen LogP contribution in [0.5, 0.6) is 0 Å². The van der Waals surface area contributed by atoms with Crippen molar-refractivity contribution in [3.63, 3.8) is 0 Å². The number of nitrogens with one attached hydrogen (secondary N) is 1. The molecule has 30 heavy (non-hydrogen) atoms. The molecular formula is C22H25N3O5. The standard InChI is InChI=1S/C22H25N3O5/c1-2-3-4-6-16-8-10-17(11-9-16)23-21(26)7-5-14-24-19-13-12-18(25(28)29)15-20(19)30-22(24)27/h8-13,15H,2-7,14H2,1H3,(H,23,26). The zero-order valence-electron chi connectivity index (χ0n) is 16.9. The summed E-state index contributed by atoms with van der Waals surface area (Å²) in [7, 11) is 0. The molecule has 0 bridgehead atoms. The second kappa shape index (κ2) is 9.87. The largest absolute Gasteiger partial charge is 0.419 e. The number of nitro benzene ring substituents is 1. The minimum Gasteiger partial charge on any atom is -0.407 e. The van der Waals surface area contributed by atoms with Gasteiger partial charge in [0, 0.05) is 24.7 Å². The highest BCUT2D eigenvalue weighted by atomic mass is 16.6. The van der Waals surface area contributed by atoms with Gasteiger partial charge in [0.2, 0.25) is 5.91 Å². The molecule has 0 atom stereocenters.